The second-order valence-electron chi connectivity index (χ2n) is 11.0. The van der Waals surface area contributed by atoms with E-state index in [4.69, 9.17) is 4.74 Å². The van der Waals surface area contributed by atoms with E-state index in [1.54, 1.807) is 5.57 Å². The van der Waals surface area contributed by atoms with Crippen LogP contribution in [0.1, 0.15) is 98.3 Å². The summed E-state index contributed by atoms with van der Waals surface area (Å²) in [5.41, 5.74) is 5.02. The number of ether oxygens (including phenoxy) is 1. The van der Waals surface area contributed by atoms with E-state index in [1.807, 2.05) is 7.11 Å². The van der Waals surface area contributed by atoms with Crippen molar-refractivity contribution < 1.29 is 4.74 Å². The molecular weight excluding hydrogens is 352 g/mol. The van der Waals surface area contributed by atoms with Crippen molar-refractivity contribution in [1.29, 1.82) is 0 Å². The van der Waals surface area contributed by atoms with Gasteiger partial charge in [0.05, 0.1) is 6.10 Å². The summed E-state index contributed by atoms with van der Waals surface area (Å²) in [5, 5.41) is 0. The second-order valence-corrected chi connectivity index (χ2v) is 11.0. The Morgan fingerprint density at radius 2 is 1.90 bits per heavy atom. The third-order valence-electron chi connectivity index (χ3n) is 8.67. The monoisotopic (exact) mass is 398 g/mol. The Morgan fingerprint density at radius 3 is 2.62 bits per heavy atom. The van der Waals surface area contributed by atoms with E-state index < -0.39 is 0 Å². The minimum atomic E-state index is 0.379. The van der Waals surface area contributed by atoms with Crippen molar-refractivity contribution in [3.05, 3.63) is 35.5 Å². The van der Waals surface area contributed by atoms with E-state index in [2.05, 4.69) is 46.4 Å². The van der Waals surface area contributed by atoms with Crippen LogP contribution in [-0.2, 0) is 4.74 Å². The summed E-state index contributed by atoms with van der Waals surface area (Å²) in [6.45, 7) is 14.2. The smallest absolute Gasteiger partial charge is 0.0614 e. The number of allylic oxidation sites excluding steroid dienone is 4. The lowest BCUT2D eigenvalue weighted by Crippen LogP contribution is -2.36. The van der Waals surface area contributed by atoms with Gasteiger partial charge in [-0.15, -0.1) is 0 Å². The molecule has 29 heavy (non-hydrogen) atoms. The maximum Gasteiger partial charge on any atom is 0.0614 e. The fourth-order valence-corrected chi connectivity index (χ4v) is 6.85. The van der Waals surface area contributed by atoms with Crippen LogP contribution in [0.5, 0.6) is 0 Å². The zero-order chi connectivity index (χ0) is 21.0. The highest BCUT2D eigenvalue weighted by Gasteiger charge is 2.50. The van der Waals surface area contributed by atoms with E-state index in [-0.39, 0.29) is 0 Å². The molecule has 3 aliphatic carbocycles. The molecule has 0 N–H and O–H groups in total. The van der Waals surface area contributed by atoms with Gasteiger partial charge >= 0.3 is 0 Å². The lowest BCUT2D eigenvalue weighted by Gasteiger charge is -2.44. The predicted octanol–water partition coefficient (Wildman–Crippen LogP) is 8.27. The van der Waals surface area contributed by atoms with Gasteiger partial charge in [-0.25, -0.2) is 0 Å². The van der Waals surface area contributed by atoms with Crippen LogP contribution in [0.25, 0.3) is 0 Å². The van der Waals surface area contributed by atoms with E-state index in [9.17, 15) is 0 Å². The number of fused-ring (bicyclic) bond motifs is 1. The number of hydrogen-bond donors (Lipinski definition) is 0. The number of hydrogen-bond acceptors (Lipinski definition) is 1. The molecule has 3 fully saturated rings. The molecule has 0 heterocycles. The summed E-state index contributed by atoms with van der Waals surface area (Å²) in [4.78, 5) is 0. The Labute approximate surface area is 181 Å². The van der Waals surface area contributed by atoms with Crippen molar-refractivity contribution in [3.63, 3.8) is 0 Å². The van der Waals surface area contributed by atoms with Gasteiger partial charge in [0.2, 0.25) is 0 Å². The molecule has 5 atom stereocenters. The predicted molar refractivity (Wildman–Crippen MR) is 126 cm³/mol. The highest BCUT2D eigenvalue weighted by atomic mass is 16.5. The fraction of sp³-hybridized carbons (Fsp3) is 0.786. The molecule has 0 amide bonds. The first kappa shape index (κ1) is 22.9. The minimum absolute atomic E-state index is 0.379. The molecule has 0 bridgehead atoms. The molecule has 1 nitrogen and oxygen atoms in total. The van der Waals surface area contributed by atoms with Gasteiger partial charge in [0.15, 0.2) is 0 Å². The van der Waals surface area contributed by atoms with Gasteiger partial charge in [0.25, 0.3) is 0 Å². The van der Waals surface area contributed by atoms with Gasteiger partial charge in [-0.1, -0.05) is 76.8 Å². The maximum atomic E-state index is 5.63. The van der Waals surface area contributed by atoms with Crippen molar-refractivity contribution in [2.45, 2.75) is 104 Å². The average Bonchev–Trinajstić information content (AvgIpc) is 3.04. The van der Waals surface area contributed by atoms with Crippen molar-refractivity contribution in [3.8, 4) is 0 Å². The molecule has 0 spiro atoms. The Bertz CT molecular complexity index is 624. The highest BCUT2D eigenvalue weighted by Crippen LogP contribution is 2.59. The fourth-order valence-electron chi connectivity index (χ4n) is 6.85. The maximum absolute atomic E-state index is 5.63. The molecule has 0 saturated heterocycles. The molecule has 0 aromatic rings. The number of rotatable bonds is 7. The molecule has 0 unspecified atom stereocenters. The third kappa shape index (κ3) is 5.27. The summed E-state index contributed by atoms with van der Waals surface area (Å²) in [5.74, 6) is 3.44. The summed E-state index contributed by atoms with van der Waals surface area (Å²) >= 11 is 0. The second kappa shape index (κ2) is 9.99. The summed E-state index contributed by atoms with van der Waals surface area (Å²) < 4.78 is 5.63. The minimum Gasteiger partial charge on any atom is -0.381 e. The zero-order valence-electron chi connectivity index (χ0n) is 19.9. The summed E-state index contributed by atoms with van der Waals surface area (Å²) in [7, 11) is 1.85. The first-order chi connectivity index (χ1) is 13.8. The van der Waals surface area contributed by atoms with Gasteiger partial charge in [0, 0.05) is 7.11 Å². The van der Waals surface area contributed by atoms with Crippen LogP contribution in [0.4, 0.5) is 0 Å². The number of methoxy groups -OCH3 is 1. The normalized spacial score (nSPS) is 36.8. The molecular formula is C28H46O. The van der Waals surface area contributed by atoms with E-state index in [1.165, 1.54) is 62.5 Å². The lowest BCUT2D eigenvalue weighted by atomic mass is 9.60. The highest BCUT2D eigenvalue weighted by molar-refractivity contribution is 5.36. The Hall–Kier alpha value is -0.820. The van der Waals surface area contributed by atoms with Crippen LogP contribution in [0, 0.1) is 29.1 Å². The standard InChI is InChI=1S/C28H46O/c1-20(2)9-7-10-22(4)26-16-17-27-23(11-8-18-28(26,27)5)13-14-24-19-25(29-6)15-12-21(24)3/h13-14,20,22,25-27H,3,7-12,15-19H2,1-2,4-6H3/b23-13+,24-14-/t22-,25+,26-,27+,28-/m1/s1. The zero-order valence-corrected chi connectivity index (χ0v) is 19.9. The molecule has 3 saturated carbocycles. The summed E-state index contributed by atoms with van der Waals surface area (Å²) in [6, 6.07) is 0. The van der Waals surface area contributed by atoms with Crippen LogP contribution in [-0.4, -0.2) is 13.2 Å². The van der Waals surface area contributed by atoms with E-state index in [0.29, 0.717) is 11.5 Å². The Morgan fingerprint density at radius 1 is 1.10 bits per heavy atom. The lowest BCUT2D eigenvalue weighted by molar-refractivity contribution is 0.0907. The molecule has 1 heteroatoms. The van der Waals surface area contributed by atoms with Crippen LogP contribution in [0.15, 0.2) is 35.5 Å². The van der Waals surface area contributed by atoms with Gasteiger partial charge < -0.3 is 4.74 Å². The summed E-state index contributed by atoms with van der Waals surface area (Å²) in [6.07, 6.45) is 19.7. The van der Waals surface area contributed by atoms with E-state index in [0.717, 1.165) is 42.9 Å². The molecule has 0 aliphatic heterocycles. The van der Waals surface area contributed by atoms with Crippen LogP contribution in [0.3, 0.4) is 0 Å². The SMILES string of the molecule is C=C1CC[C@H](OC)C/C1=C/C=C1\CCC[C@]2(C)[C@@H]([C@H](C)CCCC(C)C)CC[C@@H]12. The van der Waals surface area contributed by atoms with Gasteiger partial charge in [0.1, 0.15) is 0 Å². The molecule has 3 aliphatic rings. The van der Waals surface area contributed by atoms with Crippen LogP contribution in [0.2, 0.25) is 0 Å². The average molecular weight is 399 g/mol. The quantitative estimate of drug-likeness (QED) is 0.419. The van der Waals surface area contributed by atoms with Crippen molar-refractivity contribution in [2.24, 2.45) is 29.1 Å². The molecule has 0 aromatic carbocycles. The van der Waals surface area contributed by atoms with Crippen molar-refractivity contribution in [2.75, 3.05) is 7.11 Å². The van der Waals surface area contributed by atoms with Crippen LogP contribution < -0.4 is 0 Å². The largest absolute Gasteiger partial charge is 0.381 e. The first-order valence-electron chi connectivity index (χ1n) is 12.5. The Balaban J connectivity index is 1.70. The molecule has 3 rings (SSSR count). The molecule has 164 valence electrons. The van der Waals surface area contributed by atoms with Gasteiger partial charge in [-0.2, -0.15) is 0 Å². The van der Waals surface area contributed by atoms with Gasteiger partial charge in [-0.3, -0.25) is 0 Å². The topological polar surface area (TPSA) is 9.23 Å². The molecule has 0 radical (unpaired) electrons. The first-order valence-corrected chi connectivity index (χ1v) is 12.5. The third-order valence-corrected chi connectivity index (χ3v) is 8.67. The Kier molecular flexibility index (Phi) is 7.87. The van der Waals surface area contributed by atoms with Crippen molar-refractivity contribution in [1.82, 2.24) is 0 Å². The van der Waals surface area contributed by atoms with Crippen molar-refractivity contribution >= 4 is 0 Å². The van der Waals surface area contributed by atoms with E-state index >= 15 is 0 Å². The molecule has 0 aromatic heterocycles. The van der Waals surface area contributed by atoms with Gasteiger partial charge in [-0.05, 0) is 86.0 Å². The van der Waals surface area contributed by atoms with Crippen LogP contribution >= 0.6 is 0 Å².